The standard InChI is InChI=1S/C17H26N2O3.ClH/c1-2-8-21-12-15-6-4-3-5-14(15)11-19-17(20)10-16-13-22-9-7-18-16;/h3-6,16,18H,2,7-13H2,1H3,(H,19,20);1H. The van der Waals surface area contributed by atoms with Crippen molar-refractivity contribution in [1.29, 1.82) is 0 Å². The summed E-state index contributed by atoms with van der Waals surface area (Å²) in [6, 6.07) is 8.19. The van der Waals surface area contributed by atoms with Gasteiger partial charge in [-0.2, -0.15) is 0 Å². The fourth-order valence-electron chi connectivity index (χ4n) is 2.44. The first kappa shape index (κ1) is 19.9. The molecule has 1 heterocycles. The van der Waals surface area contributed by atoms with Gasteiger partial charge in [-0.3, -0.25) is 4.79 Å². The molecule has 2 N–H and O–H groups in total. The Bertz CT molecular complexity index is 465. The molecule has 1 atom stereocenters. The van der Waals surface area contributed by atoms with Crippen LogP contribution in [0, 0.1) is 0 Å². The zero-order chi connectivity index (χ0) is 15.6. The van der Waals surface area contributed by atoms with Gasteiger partial charge >= 0.3 is 0 Å². The lowest BCUT2D eigenvalue weighted by Crippen LogP contribution is -2.44. The van der Waals surface area contributed by atoms with Crippen molar-refractivity contribution in [2.75, 3.05) is 26.4 Å². The minimum atomic E-state index is 0. The zero-order valence-corrected chi connectivity index (χ0v) is 14.5. The highest BCUT2D eigenvalue weighted by Crippen LogP contribution is 2.10. The first-order chi connectivity index (χ1) is 10.8. The van der Waals surface area contributed by atoms with E-state index in [0.717, 1.165) is 37.3 Å². The summed E-state index contributed by atoms with van der Waals surface area (Å²) in [7, 11) is 0. The average molecular weight is 343 g/mol. The van der Waals surface area contributed by atoms with E-state index in [9.17, 15) is 4.79 Å². The summed E-state index contributed by atoms with van der Waals surface area (Å²) in [5.41, 5.74) is 2.25. The second-order valence-electron chi connectivity index (χ2n) is 5.53. The van der Waals surface area contributed by atoms with Gasteiger partial charge in [-0.1, -0.05) is 31.2 Å². The van der Waals surface area contributed by atoms with Crippen molar-refractivity contribution in [2.45, 2.75) is 39.0 Å². The van der Waals surface area contributed by atoms with Crippen molar-refractivity contribution in [1.82, 2.24) is 10.6 Å². The molecule has 1 aliphatic heterocycles. The number of benzene rings is 1. The quantitative estimate of drug-likeness (QED) is 0.710. The number of nitrogens with one attached hydrogen (secondary N) is 2. The van der Waals surface area contributed by atoms with Crippen LogP contribution in [0.15, 0.2) is 24.3 Å². The molecule has 1 aromatic carbocycles. The third kappa shape index (κ3) is 7.31. The lowest BCUT2D eigenvalue weighted by Gasteiger charge is -2.23. The highest BCUT2D eigenvalue weighted by Gasteiger charge is 2.16. The number of carbonyl (C=O) groups is 1. The number of amides is 1. The summed E-state index contributed by atoms with van der Waals surface area (Å²) in [4.78, 5) is 12.0. The number of carbonyl (C=O) groups excluding carboxylic acids is 1. The van der Waals surface area contributed by atoms with Crippen LogP contribution in [0.1, 0.15) is 30.9 Å². The van der Waals surface area contributed by atoms with Gasteiger partial charge in [0.1, 0.15) is 0 Å². The first-order valence-corrected chi connectivity index (χ1v) is 8.02. The third-order valence-corrected chi connectivity index (χ3v) is 3.63. The van der Waals surface area contributed by atoms with Crippen molar-refractivity contribution >= 4 is 18.3 Å². The van der Waals surface area contributed by atoms with Crippen LogP contribution in [0.5, 0.6) is 0 Å². The Hall–Kier alpha value is -1.14. The second-order valence-corrected chi connectivity index (χ2v) is 5.53. The number of morpholine rings is 1. The second kappa shape index (κ2) is 11.4. The van der Waals surface area contributed by atoms with Gasteiger partial charge in [-0.15, -0.1) is 12.4 Å². The smallest absolute Gasteiger partial charge is 0.221 e. The van der Waals surface area contributed by atoms with Gasteiger partial charge in [0.2, 0.25) is 5.91 Å². The predicted octanol–water partition coefficient (Wildman–Crippen LogP) is 2.03. The molecule has 0 aliphatic carbocycles. The van der Waals surface area contributed by atoms with Crippen LogP contribution >= 0.6 is 12.4 Å². The summed E-state index contributed by atoms with van der Waals surface area (Å²) >= 11 is 0. The number of rotatable bonds is 8. The summed E-state index contributed by atoms with van der Waals surface area (Å²) in [5, 5.41) is 6.28. The van der Waals surface area contributed by atoms with Gasteiger partial charge in [0.15, 0.2) is 0 Å². The Morgan fingerprint density at radius 2 is 2.17 bits per heavy atom. The van der Waals surface area contributed by atoms with Crippen molar-refractivity contribution in [3.63, 3.8) is 0 Å². The molecule has 0 spiro atoms. The molecule has 1 aliphatic rings. The largest absolute Gasteiger partial charge is 0.378 e. The van der Waals surface area contributed by atoms with Gasteiger partial charge in [0.05, 0.1) is 19.8 Å². The van der Waals surface area contributed by atoms with E-state index < -0.39 is 0 Å². The van der Waals surface area contributed by atoms with Crippen molar-refractivity contribution in [2.24, 2.45) is 0 Å². The molecule has 130 valence electrons. The molecule has 0 aromatic heterocycles. The van der Waals surface area contributed by atoms with E-state index >= 15 is 0 Å². The van der Waals surface area contributed by atoms with Crippen LogP contribution in [0.4, 0.5) is 0 Å². The maximum Gasteiger partial charge on any atom is 0.221 e. The Labute approximate surface area is 144 Å². The van der Waals surface area contributed by atoms with Crippen molar-refractivity contribution < 1.29 is 14.3 Å². The van der Waals surface area contributed by atoms with E-state index in [4.69, 9.17) is 9.47 Å². The summed E-state index contributed by atoms with van der Waals surface area (Å²) in [6.07, 6.45) is 1.46. The molecule has 0 bridgehead atoms. The summed E-state index contributed by atoms with van der Waals surface area (Å²) in [6.45, 7) is 6.13. The maximum absolute atomic E-state index is 12.0. The third-order valence-electron chi connectivity index (χ3n) is 3.63. The van der Waals surface area contributed by atoms with Gasteiger partial charge in [0.25, 0.3) is 0 Å². The molecule has 0 saturated carbocycles. The SMILES string of the molecule is CCCOCc1ccccc1CNC(=O)CC1COCCN1.Cl. The number of hydrogen-bond donors (Lipinski definition) is 2. The number of halogens is 1. The molecule has 1 saturated heterocycles. The van der Waals surface area contributed by atoms with E-state index in [2.05, 4.69) is 17.6 Å². The first-order valence-electron chi connectivity index (χ1n) is 8.02. The molecular weight excluding hydrogens is 316 g/mol. The van der Waals surface area contributed by atoms with Crippen LogP contribution in [-0.4, -0.2) is 38.3 Å². The van der Waals surface area contributed by atoms with Gasteiger partial charge in [-0.05, 0) is 17.5 Å². The van der Waals surface area contributed by atoms with Crippen molar-refractivity contribution in [3.05, 3.63) is 35.4 Å². The van der Waals surface area contributed by atoms with Gasteiger partial charge in [0, 0.05) is 32.2 Å². The number of hydrogen-bond acceptors (Lipinski definition) is 4. The van der Waals surface area contributed by atoms with E-state index in [1.165, 1.54) is 0 Å². The lowest BCUT2D eigenvalue weighted by molar-refractivity contribution is -0.122. The highest BCUT2D eigenvalue weighted by molar-refractivity contribution is 5.85. The van der Waals surface area contributed by atoms with Crippen LogP contribution in [0.3, 0.4) is 0 Å². The Kier molecular flexibility index (Phi) is 9.87. The highest BCUT2D eigenvalue weighted by atomic mass is 35.5. The average Bonchev–Trinajstić information content (AvgIpc) is 2.55. The molecule has 6 heteroatoms. The summed E-state index contributed by atoms with van der Waals surface area (Å²) < 4.78 is 11.0. The van der Waals surface area contributed by atoms with Crippen LogP contribution in [-0.2, 0) is 27.4 Å². The van der Waals surface area contributed by atoms with Crippen LogP contribution in [0.2, 0.25) is 0 Å². The summed E-state index contributed by atoms with van der Waals surface area (Å²) in [5.74, 6) is 0.0484. The van der Waals surface area contributed by atoms with Crippen molar-refractivity contribution in [3.8, 4) is 0 Å². The van der Waals surface area contributed by atoms with E-state index in [1.54, 1.807) is 0 Å². The molecule has 1 aromatic rings. The van der Waals surface area contributed by atoms with Crippen LogP contribution < -0.4 is 10.6 Å². The molecule has 0 radical (unpaired) electrons. The maximum atomic E-state index is 12.0. The Morgan fingerprint density at radius 1 is 1.39 bits per heavy atom. The molecule has 1 fully saturated rings. The Balaban J connectivity index is 0.00000264. The molecule has 1 amide bonds. The van der Waals surface area contributed by atoms with Gasteiger partial charge in [-0.25, -0.2) is 0 Å². The molecule has 5 nitrogen and oxygen atoms in total. The minimum absolute atomic E-state index is 0. The van der Waals surface area contributed by atoms with E-state index in [-0.39, 0.29) is 24.4 Å². The molecule has 23 heavy (non-hydrogen) atoms. The normalized spacial score (nSPS) is 17.3. The monoisotopic (exact) mass is 342 g/mol. The predicted molar refractivity (Wildman–Crippen MR) is 92.7 cm³/mol. The van der Waals surface area contributed by atoms with E-state index in [1.807, 2.05) is 24.3 Å². The fourth-order valence-corrected chi connectivity index (χ4v) is 2.44. The zero-order valence-electron chi connectivity index (χ0n) is 13.7. The minimum Gasteiger partial charge on any atom is -0.378 e. The topological polar surface area (TPSA) is 59.6 Å². The Morgan fingerprint density at radius 3 is 2.87 bits per heavy atom. The molecule has 2 rings (SSSR count). The molecular formula is C17H27ClN2O3. The number of ether oxygens (including phenoxy) is 2. The van der Waals surface area contributed by atoms with E-state index in [0.29, 0.717) is 26.2 Å². The van der Waals surface area contributed by atoms with Gasteiger partial charge < -0.3 is 20.1 Å². The fraction of sp³-hybridized carbons (Fsp3) is 0.588. The lowest BCUT2D eigenvalue weighted by atomic mass is 10.1. The molecule has 1 unspecified atom stereocenters. The van der Waals surface area contributed by atoms with Crippen LogP contribution in [0.25, 0.3) is 0 Å².